The zero-order valence-corrected chi connectivity index (χ0v) is 5.33. The zero-order chi connectivity index (χ0) is 7.72. The Morgan fingerprint density at radius 2 is 2.10 bits per heavy atom. The van der Waals surface area contributed by atoms with Crippen LogP contribution in [-0.2, 0) is 4.79 Å². The van der Waals surface area contributed by atoms with E-state index in [0.29, 0.717) is 0 Å². The van der Waals surface area contributed by atoms with Crippen molar-refractivity contribution in [3.8, 4) is 0 Å². The molecule has 0 aromatic heterocycles. The normalized spacial score (nSPS) is 40.0. The minimum atomic E-state index is -1.35. The first kappa shape index (κ1) is 7.47. The monoisotopic (exact) mass is 148 g/mol. The van der Waals surface area contributed by atoms with Crippen LogP contribution >= 0.6 is 0 Å². The highest BCUT2D eigenvalue weighted by Gasteiger charge is 2.36. The molecule has 2 N–H and O–H groups in total. The first-order valence-electron chi connectivity index (χ1n) is 3.16. The Morgan fingerprint density at radius 3 is 2.30 bits per heavy atom. The van der Waals surface area contributed by atoms with Crippen LogP contribution in [-0.4, -0.2) is 28.5 Å². The predicted molar refractivity (Wildman–Crippen MR) is 31.3 cm³/mol. The number of aliphatic hydroxyl groups excluding tert-OH is 1. The largest absolute Gasteiger partial charge is 0.481 e. The summed E-state index contributed by atoms with van der Waals surface area (Å²) >= 11 is 0. The lowest BCUT2D eigenvalue weighted by molar-refractivity contribution is -0.141. The number of alkyl halides is 1. The molecule has 0 heterocycles. The number of carboxylic acid groups (broad SMARTS) is 1. The quantitative estimate of drug-likeness (QED) is 0.557. The average molecular weight is 148 g/mol. The van der Waals surface area contributed by atoms with E-state index in [9.17, 15) is 9.18 Å². The van der Waals surface area contributed by atoms with Crippen molar-refractivity contribution < 1.29 is 19.4 Å². The van der Waals surface area contributed by atoms with Gasteiger partial charge in [-0.05, 0) is 12.8 Å². The van der Waals surface area contributed by atoms with Gasteiger partial charge in [-0.15, -0.1) is 0 Å². The molecule has 0 amide bonds. The van der Waals surface area contributed by atoms with Crippen molar-refractivity contribution in [1.29, 1.82) is 0 Å². The minimum Gasteiger partial charge on any atom is -0.481 e. The van der Waals surface area contributed by atoms with E-state index in [0.717, 1.165) is 0 Å². The van der Waals surface area contributed by atoms with Crippen molar-refractivity contribution in [3.63, 3.8) is 0 Å². The predicted octanol–water partition coefficient (Wildman–Crippen LogP) is 0.180. The first-order chi connectivity index (χ1) is 4.61. The highest BCUT2D eigenvalue weighted by Crippen LogP contribution is 2.28. The number of hydrogen-bond donors (Lipinski definition) is 2. The van der Waals surface area contributed by atoms with E-state index in [1.54, 1.807) is 0 Å². The molecule has 1 aliphatic rings. The van der Waals surface area contributed by atoms with E-state index in [1.807, 2.05) is 0 Å². The Hall–Kier alpha value is -0.640. The van der Waals surface area contributed by atoms with Crippen molar-refractivity contribution in [3.05, 3.63) is 0 Å². The van der Waals surface area contributed by atoms with Crippen LogP contribution in [0.1, 0.15) is 12.8 Å². The van der Waals surface area contributed by atoms with Crippen molar-refractivity contribution in [2.24, 2.45) is 5.92 Å². The molecular weight excluding hydrogens is 139 g/mol. The third kappa shape index (κ3) is 1.26. The van der Waals surface area contributed by atoms with Gasteiger partial charge < -0.3 is 10.2 Å². The standard InChI is InChI=1S/C6H9FO3/c7-4-1-3(6(9)10)2-5(4)8/h3-5,8H,1-2H2,(H,9,10)/t3-,4-,5-/m0/s1. The molecule has 0 spiro atoms. The highest BCUT2D eigenvalue weighted by molar-refractivity contribution is 5.70. The number of halogens is 1. The molecule has 4 heteroatoms. The van der Waals surface area contributed by atoms with Gasteiger partial charge in [0.1, 0.15) is 6.17 Å². The Kier molecular flexibility index (Phi) is 1.89. The van der Waals surface area contributed by atoms with Crippen LogP contribution in [0.25, 0.3) is 0 Å². The van der Waals surface area contributed by atoms with Gasteiger partial charge in [-0.2, -0.15) is 0 Å². The molecule has 3 nitrogen and oxygen atoms in total. The number of carboxylic acids is 1. The van der Waals surface area contributed by atoms with Crippen LogP contribution in [0.5, 0.6) is 0 Å². The second-order valence-corrected chi connectivity index (χ2v) is 2.59. The van der Waals surface area contributed by atoms with Crippen molar-refractivity contribution in [2.75, 3.05) is 0 Å². The molecule has 3 atom stereocenters. The molecule has 0 saturated heterocycles. The Labute approximate surface area is 57.5 Å². The number of carbonyl (C=O) groups is 1. The van der Waals surface area contributed by atoms with Crippen LogP contribution < -0.4 is 0 Å². The molecular formula is C6H9FO3. The van der Waals surface area contributed by atoms with Crippen LogP contribution in [0.15, 0.2) is 0 Å². The fourth-order valence-electron chi connectivity index (χ4n) is 1.17. The maximum Gasteiger partial charge on any atom is 0.306 e. The first-order valence-corrected chi connectivity index (χ1v) is 3.16. The lowest BCUT2D eigenvalue weighted by Gasteiger charge is -2.00. The summed E-state index contributed by atoms with van der Waals surface area (Å²) in [7, 11) is 0. The molecule has 1 rings (SSSR count). The summed E-state index contributed by atoms with van der Waals surface area (Å²) in [5, 5.41) is 17.1. The molecule has 10 heavy (non-hydrogen) atoms. The fraction of sp³-hybridized carbons (Fsp3) is 0.833. The van der Waals surface area contributed by atoms with Gasteiger partial charge in [-0.3, -0.25) is 4.79 Å². The maximum absolute atomic E-state index is 12.4. The van der Waals surface area contributed by atoms with Crippen molar-refractivity contribution in [1.82, 2.24) is 0 Å². The average Bonchev–Trinajstić information content (AvgIpc) is 2.13. The van der Waals surface area contributed by atoms with Gasteiger partial charge in [0.2, 0.25) is 0 Å². The third-order valence-corrected chi connectivity index (χ3v) is 1.80. The van der Waals surface area contributed by atoms with Gasteiger partial charge in [0, 0.05) is 0 Å². The summed E-state index contributed by atoms with van der Waals surface area (Å²) in [5.41, 5.74) is 0. The summed E-state index contributed by atoms with van der Waals surface area (Å²) < 4.78 is 12.4. The second kappa shape index (κ2) is 2.54. The van der Waals surface area contributed by atoms with E-state index < -0.39 is 24.2 Å². The Balaban J connectivity index is 2.49. The summed E-state index contributed by atoms with van der Waals surface area (Å²) in [6.07, 6.45) is -2.41. The van der Waals surface area contributed by atoms with Crippen LogP contribution in [0, 0.1) is 5.92 Å². The van der Waals surface area contributed by atoms with Gasteiger partial charge in [0.25, 0.3) is 0 Å². The van der Waals surface area contributed by atoms with E-state index in [2.05, 4.69) is 0 Å². The molecule has 0 bridgehead atoms. The number of rotatable bonds is 1. The van der Waals surface area contributed by atoms with Crippen LogP contribution in [0.4, 0.5) is 4.39 Å². The van der Waals surface area contributed by atoms with Crippen molar-refractivity contribution in [2.45, 2.75) is 25.1 Å². The minimum absolute atomic E-state index is 0.0451. The second-order valence-electron chi connectivity index (χ2n) is 2.59. The molecule has 0 aromatic rings. The van der Waals surface area contributed by atoms with E-state index >= 15 is 0 Å². The number of aliphatic hydroxyl groups is 1. The number of hydrogen-bond acceptors (Lipinski definition) is 2. The van der Waals surface area contributed by atoms with Gasteiger partial charge in [0.15, 0.2) is 0 Å². The summed E-state index contributed by atoms with van der Waals surface area (Å²) in [6, 6.07) is 0. The molecule has 58 valence electrons. The van der Waals surface area contributed by atoms with E-state index in [4.69, 9.17) is 10.2 Å². The zero-order valence-electron chi connectivity index (χ0n) is 5.33. The Bertz CT molecular complexity index is 138. The molecule has 1 fully saturated rings. The van der Waals surface area contributed by atoms with Crippen molar-refractivity contribution >= 4 is 5.97 Å². The third-order valence-electron chi connectivity index (χ3n) is 1.80. The van der Waals surface area contributed by atoms with Crippen LogP contribution in [0.2, 0.25) is 0 Å². The Morgan fingerprint density at radius 1 is 1.50 bits per heavy atom. The van der Waals surface area contributed by atoms with Gasteiger partial charge in [-0.25, -0.2) is 4.39 Å². The maximum atomic E-state index is 12.4. The summed E-state index contributed by atoms with van der Waals surface area (Å²) in [6.45, 7) is 0. The lowest BCUT2D eigenvalue weighted by Crippen LogP contribution is -2.12. The molecule has 1 aliphatic carbocycles. The number of aliphatic carboxylic acids is 1. The molecule has 0 aliphatic heterocycles. The molecule has 0 aromatic carbocycles. The molecule has 1 saturated carbocycles. The molecule has 0 unspecified atom stereocenters. The summed E-state index contributed by atoms with van der Waals surface area (Å²) in [5.74, 6) is -1.70. The van der Waals surface area contributed by atoms with Gasteiger partial charge in [-0.1, -0.05) is 0 Å². The summed E-state index contributed by atoms with van der Waals surface area (Å²) in [4.78, 5) is 10.2. The fourth-order valence-corrected chi connectivity index (χ4v) is 1.17. The van der Waals surface area contributed by atoms with Gasteiger partial charge in [0.05, 0.1) is 12.0 Å². The smallest absolute Gasteiger partial charge is 0.306 e. The van der Waals surface area contributed by atoms with E-state index in [-0.39, 0.29) is 12.8 Å². The van der Waals surface area contributed by atoms with Crippen LogP contribution in [0.3, 0.4) is 0 Å². The highest BCUT2D eigenvalue weighted by atomic mass is 19.1. The van der Waals surface area contributed by atoms with E-state index in [1.165, 1.54) is 0 Å². The topological polar surface area (TPSA) is 57.5 Å². The van der Waals surface area contributed by atoms with Gasteiger partial charge >= 0.3 is 5.97 Å². The SMILES string of the molecule is O=C(O)[C@@H]1C[C@H](O)[C@@H](F)C1. The lowest BCUT2D eigenvalue weighted by atomic mass is 10.1. The molecule has 0 radical (unpaired) electrons.